The highest BCUT2D eigenvalue weighted by Crippen LogP contribution is 2.30. The normalized spacial score (nSPS) is 14.6. The van der Waals surface area contributed by atoms with E-state index in [0.717, 1.165) is 19.1 Å². The molecule has 3 nitrogen and oxygen atoms in total. The number of benzene rings is 1. The molecule has 1 unspecified atom stereocenters. The van der Waals surface area contributed by atoms with Crippen molar-refractivity contribution >= 4 is 10.1 Å². The zero-order valence-corrected chi connectivity index (χ0v) is 9.35. The third-order valence-electron chi connectivity index (χ3n) is 1.90. The van der Waals surface area contributed by atoms with E-state index in [1.54, 1.807) is 0 Å². The second-order valence-electron chi connectivity index (χ2n) is 3.16. The maximum absolute atomic E-state index is 13.2. The molecule has 0 saturated heterocycles. The molecule has 0 aliphatic carbocycles. The fourth-order valence-corrected chi connectivity index (χ4v) is 1.69. The Balaban J connectivity index is 2.96. The van der Waals surface area contributed by atoms with Gasteiger partial charge < -0.3 is 0 Å². The van der Waals surface area contributed by atoms with E-state index < -0.39 is 27.5 Å². The van der Waals surface area contributed by atoms with Crippen LogP contribution in [-0.4, -0.2) is 13.9 Å². The van der Waals surface area contributed by atoms with Crippen molar-refractivity contribution in [2.24, 2.45) is 0 Å². The van der Waals surface area contributed by atoms with Crippen molar-refractivity contribution < 1.29 is 30.2 Å². The van der Waals surface area contributed by atoms with E-state index in [2.05, 4.69) is 4.18 Å². The van der Waals surface area contributed by atoms with E-state index in [1.165, 1.54) is 12.1 Å². The predicted molar refractivity (Wildman–Crippen MR) is 50.9 cm³/mol. The summed E-state index contributed by atoms with van der Waals surface area (Å²) >= 11 is 0. The predicted octanol–water partition coefficient (Wildman–Crippen LogP) is 2.75. The number of hydrogen-bond donors (Lipinski definition) is 0. The molecule has 0 N–H and O–H groups in total. The average molecular weight is 272 g/mol. The van der Waals surface area contributed by atoms with Crippen LogP contribution in [0, 0.1) is 5.82 Å². The largest absolute Gasteiger partial charge is 0.523 e. The second-order valence-corrected chi connectivity index (χ2v) is 4.72. The zero-order valence-electron chi connectivity index (χ0n) is 8.53. The van der Waals surface area contributed by atoms with Gasteiger partial charge in [-0.15, -0.1) is 0 Å². The van der Waals surface area contributed by atoms with E-state index in [1.807, 2.05) is 0 Å². The Morgan fingerprint density at radius 1 is 1.24 bits per heavy atom. The molecule has 0 radical (unpaired) electrons. The Bertz CT molecular complexity index is 495. The van der Waals surface area contributed by atoms with Crippen LogP contribution < -0.4 is 0 Å². The van der Waals surface area contributed by atoms with Gasteiger partial charge in [0.1, 0.15) is 11.9 Å². The summed E-state index contributed by atoms with van der Waals surface area (Å²) in [6.45, 7) is 1.02. The smallest absolute Gasteiger partial charge is 0.255 e. The van der Waals surface area contributed by atoms with Gasteiger partial charge in [-0.05, 0) is 13.0 Å². The van der Waals surface area contributed by atoms with Gasteiger partial charge in [0, 0.05) is 5.56 Å². The molecule has 1 rings (SSSR count). The van der Waals surface area contributed by atoms with Crippen molar-refractivity contribution in [1.82, 2.24) is 0 Å². The fourth-order valence-electron chi connectivity index (χ4n) is 1.10. The maximum atomic E-state index is 13.2. The Hall–Kier alpha value is -1.15. The van der Waals surface area contributed by atoms with Gasteiger partial charge >= 0.3 is 15.6 Å². The Labute approximate surface area is 95.1 Å². The van der Waals surface area contributed by atoms with E-state index in [4.69, 9.17) is 0 Å². The van der Waals surface area contributed by atoms with Crippen LogP contribution in [0.25, 0.3) is 0 Å². The summed E-state index contributed by atoms with van der Waals surface area (Å²) in [6.07, 6.45) is -1.55. The van der Waals surface area contributed by atoms with Crippen molar-refractivity contribution in [2.45, 2.75) is 18.5 Å². The highest BCUT2D eigenvalue weighted by Gasteiger charge is 2.48. The minimum Gasteiger partial charge on any atom is -0.255 e. The lowest BCUT2D eigenvalue weighted by atomic mass is 10.1. The molecule has 0 aliphatic rings. The Morgan fingerprint density at radius 3 is 2.24 bits per heavy atom. The van der Waals surface area contributed by atoms with Crippen molar-refractivity contribution in [3.63, 3.8) is 0 Å². The lowest BCUT2D eigenvalue weighted by Gasteiger charge is -2.15. The molecule has 0 fully saturated rings. The standard InChI is InChI=1S/C9H8F4O3S/c1-6(7-4-2-3-5-8(7)10)16-17(14,15)9(11,12)13/h2-6H,1H3. The summed E-state index contributed by atoms with van der Waals surface area (Å²) in [5, 5.41) is 0. The molecule has 0 heterocycles. The summed E-state index contributed by atoms with van der Waals surface area (Å²) in [5.41, 5.74) is -5.78. The highest BCUT2D eigenvalue weighted by atomic mass is 32.2. The second kappa shape index (κ2) is 4.61. The number of alkyl halides is 3. The topological polar surface area (TPSA) is 43.4 Å². The van der Waals surface area contributed by atoms with Crippen LogP contribution in [0.15, 0.2) is 24.3 Å². The monoisotopic (exact) mass is 272 g/mol. The lowest BCUT2D eigenvalue weighted by Crippen LogP contribution is -2.26. The summed E-state index contributed by atoms with van der Waals surface area (Å²) in [4.78, 5) is 0. The summed E-state index contributed by atoms with van der Waals surface area (Å²) in [7, 11) is -5.73. The third-order valence-corrected chi connectivity index (χ3v) is 3.01. The molecule has 0 aromatic heterocycles. The fraction of sp³-hybridized carbons (Fsp3) is 0.333. The molecule has 0 saturated carbocycles. The van der Waals surface area contributed by atoms with Gasteiger partial charge in [0.25, 0.3) is 0 Å². The highest BCUT2D eigenvalue weighted by molar-refractivity contribution is 7.87. The van der Waals surface area contributed by atoms with Crippen LogP contribution in [0.3, 0.4) is 0 Å². The molecule has 8 heteroatoms. The molecule has 1 atom stereocenters. The molecule has 17 heavy (non-hydrogen) atoms. The molecular formula is C9H8F4O3S. The number of halogens is 4. The van der Waals surface area contributed by atoms with E-state index in [-0.39, 0.29) is 5.56 Å². The van der Waals surface area contributed by atoms with Crippen molar-refractivity contribution in [1.29, 1.82) is 0 Å². The van der Waals surface area contributed by atoms with Crippen LogP contribution in [0.1, 0.15) is 18.6 Å². The summed E-state index contributed by atoms with van der Waals surface area (Å²) in [6, 6.07) is 4.82. The van der Waals surface area contributed by atoms with Crippen LogP contribution in [0.4, 0.5) is 17.6 Å². The van der Waals surface area contributed by atoms with Gasteiger partial charge in [0.15, 0.2) is 0 Å². The zero-order chi connectivity index (χ0) is 13.3. The van der Waals surface area contributed by atoms with Crippen LogP contribution in [0.5, 0.6) is 0 Å². The molecule has 96 valence electrons. The molecule has 0 bridgehead atoms. The first kappa shape index (κ1) is 13.9. The summed E-state index contributed by atoms with van der Waals surface area (Å²) in [5.74, 6) is -0.836. The Kier molecular flexibility index (Phi) is 3.78. The average Bonchev–Trinajstić information content (AvgIpc) is 2.15. The molecular weight excluding hydrogens is 264 g/mol. The van der Waals surface area contributed by atoms with Gasteiger partial charge in [0.2, 0.25) is 0 Å². The van der Waals surface area contributed by atoms with Gasteiger partial charge in [-0.25, -0.2) is 4.39 Å². The Morgan fingerprint density at radius 2 is 1.76 bits per heavy atom. The minimum absolute atomic E-state index is 0.264. The SMILES string of the molecule is CC(OS(=O)(=O)C(F)(F)F)c1ccccc1F. The van der Waals surface area contributed by atoms with Crippen LogP contribution in [0.2, 0.25) is 0 Å². The molecule has 1 aromatic carbocycles. The van der Waals surface area contributed by atoms with E-state index >= 15 is 0 Å². The summed E-state index contributed by atoms with van der Waals surface area (Å²) < 4.78 is 74.4. The minimum atomic E-state index is -5.73. The molecule has 0 aliphatic heterocycles. The first-order valence-electron chi connectivity index (χ1n) is 4.39. The van der Waals surface area contributed by atoms with Gasteiger partial charge in [-0.1, -0.05) is 18.2 Å². The maximum Gasteiger partial charge on any atom is 0.523 e. The first-order chi connectivity index (χ1) is 7.65. The molecule has 1 aromatic rings. The number of rotatable bonds is 3. The van der Waals surface area contributed by atoms with E-state index in [9.17, 15) is 26.0 Å². The molecule has 0 amide bonds. The van der Waals surface area contributed by atoms with Crippen molar-refractivity contribution in [3.05, 3.63) is 35.6 Å². The number of hydrogen-bond acceptors (Lipinski definition) is 3. The van der Waals surface area contributed by atoms with Gasteiger partial charge in [0.05, 0.1) is 0 Å². The van der Waals surface area contributed by atoms with Crippen molar-refractivity contribution in [2.75, 3.05) is 0 Å². The quantitative estimate of drug-likeness (QED) is 0.483. The third kappa shape index (κ3) is 3.16. The van der Waals surface area contributed by atoms with Crippen molar-refractivity contribution in [3.8, 4) is 0 Å². The van der Waals surface area contributed by atoms with Crippen LogP contribution in [-0.2, 0) is 14.3 Å². The van der Waals surface area contributed by atoms with Crippen LogP contribution >= 0.6 is 0 Å². The van der Waals surface area contributed by atoms with Gasteiger partial charge in [-0.3, -0.25) is 4.18 Å². The molecule has 0 spiro atoms. The van der Waals surface area contributed by atoms with Gasteiger partial charge in [-0.2, -0.15) is 21.6 Å². The van der Waals surface area contributed by atoms with E-state index in [0.29, 0.717) is 0 Å². The first-order valence-corrected chi connectivity index (χ1v) is 5.80. The lowest BCUT2D eigenvalue weighted by molar-refractivity contribution is -0.0570.